The third-order valence-corrected chi connectivity index (χ3v) is 2.46. The van der Waals surface area contributed by atoms with E-state index in [0.717, 1.165) is 9.13 Å². The number of aromatic nitrogens is 2. The van der Waals surface area contributed by atoms with Crippen LogP contribution < -0.4 is 16.6 Å². The van der Waals surface area contributed by atoms with Gasteiger partial charge in [-0.25, -0.2) is 4.79 Å². The summed E-state index contributed by atoms with van der Waals surface area (Å²) >= 11 is 0. The number of rotatable bonds is 5. The molecule has 0 saturated heterocycles. The molecule has 0 aliphatic carbocycles. The Labute approximate surface area is 108 Å². The van der Waals surface area contributed by atoms with Crippen molar-refractivity contribution >= 4 is 11.9 Å². The molecule has 1 unspecified atom stereocenters. The fourth-order valence-electron chi connectivity index (χ4n) is 1.52. The molecule has 8 heteroatoms. The second-order valence-electron chi connectivity index (χ2n) is 4.19. The number of nitrogens with one attached hydrogen (secondary N) is 1. The number of carbonyl (C=O) groups is 2. The van der Waals surface area contributed by atoms with E-state index in [-0.39, 0.29) is 13.0 Å². The Balaban J connectivity index is 2.73. The molecule has 0 bridgehead atoms. The highest BCUT2D eigenvalue weighted by Crippen LogP contribution is 1.90. The zero-order valence-corrected chi connectivity index (χ0v) is 10.6. The van der Waals surface area contributed by atoms with E-state index in [2.05, 4.69) is 5.32 Å². The van der Waals surface area contributed by atoms with E-state index >= 15 is 0 Å². The van der Waals surface area contributed by atoms with Crippen LogP contribution in [0.4, 0.5) is 0 Å². The first-order valence-corrected chi connectivity index (χ1v) is 5.59. The standard InChI is InChI=1S/C11H15N3O5/c1-7(5-10(17)18)12-8(15)6-14-4-3-9(16)13(2)11(14)19/h3-4,7H,5-6H2,1-2H3,(H,12,15)(H,17,18). The number of carboxylic acids is 1. The molecular formula is C11H15N3O5. The number of amides is 1. The molecule has 2 N–H and O–H groups in total. The lowest BCUT2D eigenvalue weighted by Gasteiger charge is -2.12. The maximum absolute atomic E-state index is 11.6. The number of hydrogen-bond donors (Lipinski definition) is 2. The lowest BCUT2D eigenvalue weighted by Crippen LogP contribution is -2.42. The van der Waals surface area contributed by atoms with E-state index in [0.29, 0.717) is 0 Å². The van der Waals surface area contributed by atoms with Crippen molar-refractivity contribution in [1.29, 1.82) is 0 Å². The van der Waals surface area contributed by atoms with Crippen molar-refractivity contribution in [2.75, 3.05) is 0 Å². The molecule has 0 aromatic carbocycles. The smallest absolute Gasteiger partial charge is 0.331 e. The quantitative estimate of drug-likeness (QED) is 0.677. The second-order valence-corrected chi connectivity index (χ2v) is 4.19. The molecule has 19 heavy (non-hydrogen) atoms. The Morgan fingerprint density at radius 2 is 2.05 bits per heavy atom. The lowest BCUT2D eigenvalue weighted by molar-refractivity contribution is -0.137. The minimum absolute atomic E-state index is 0.200. The molecule has 1 amide bonds. The maximum Gasteiger partial charge on any atom is 0.331 e. The van der Waals surface area contributed by atoms with Crippen LogP contribution in [-0.2, 0) is 23.2 Å². The Morgan fingerprint density at radius 3 is 2.63 bits per heavy atom. The Bertz CT molecular complexity index is 601. The van der Waals surface area contributed by atoms with Crippen LogP contribution in [0.15, 0.2) is 21.9 Å². The third kappa shape index (κ3) is 4.09. The van der Waals surface area contributed by atoms with E-state index in [1.54, 1.807) is 6.92 Å². The van der Waals surface area contributed by atoms with Crippen LogP contribution in [0, 0.1) is 0 Å². The number of nitrogens with zero attached hydrogens (tertiary/aromatic N) is 2. The normalized spacial score (nSPS) is 11.9. The third-order valence-electron chi connectivity index (χ3n) is 2.46. The summed E-state index contributed by atoms with van der Waals surface area (Å²) in [5.41, 5.74) is -1.06. The number of hydrogen-bond acceptors (Lipinski definition) is 4. The lowest BCUT2D eigenvalue weighted by atomic mass is 10.2. The fourth-order valence-corrected chi connectivity index (χ4v) is 1.52. The average Bonchev–Trinajstić information content (AvgIpc) is 2.28. The minimum atomic E-state index is -1.02. The largest absolute Gasteiger partial charge is 0.481 e. The summed E-state index contributed by atoms with van der Waals surface area (Å²) in [6, 6.07) is 0.642. The van der Waals surface area contributed by atoms with E-state index in [9.17, 15) is 19.2 Å². The SMILES string of the molecule is CC(CC(=O)O)NC(=O)Cn1ccc(=O)n(C)c1=O. The van der Waals surface area contributed by atoms with Crippen LogP contribution in [0.1, 0.15) is 13.3 Å². The molecule has 1 aromatic heterocycles. The van der Waals surface area contributed by atoms with Crippen molar-refractivity contribution < 1.29 is 14.7 Å². The second kappa shape index (κ2) is 5.98. The van der Waals surface area contributed by atoms with Gasteiger partial charge in [0.1, 0.15) is 6.54 Å². The predicted octanol–water partition coefficient (Wildman–Crippen LogP) is -1.47. The molecule has 0 radical (unpaired) electrons. The summed E-state index contributed by atoms with van der Waals surface area (Å²) in [7, 11) is 1.31. The fraction of sp³-hybridized carbons (Fsp3) is 0.455. The highest BCUT2D eigenvalue weighted by Gasteiger charge is 2.12. The van der Waals surface area contributed by atoms with Gasteiger partial charge < -0.3 is 10.4 Å². The number of aliphatic carboxylic acids is 1. The molecule has 8 nitrogen and oxygen atoms in total. The average molecular weight is 269 g/mol. The zero-order valence-electron chi connectivity index (χ0n) is 10.6. The van der Waals surface area contributed by atoms with Gasteiger partial charge in [-0.3, -0.25) is 23.5 Å². The van der Waals surface area contributed by atoms with Crippen LogP contribution in [0.25, 0.3) is 0 Å². The number of carbonyl (C=O) groups excluding carboxylic acids is 1. The minimum Gasteiger partial charge on any atom is -0.481 e. The summed E-state index contributed by atoms with van der Waals surface area (Å²) < 4.78 is 1.96. The predicted molar refractivity (Wildman–Crippen MR) is 65.8 cm³/mol. The van der Waals surface area contributed by atoms with Crippen LogP contribution in [0.2, 0.25) is 0 Å². The molecule has 0 fully saturated rings. The van der Waals surface area contributed by atoms with Crippen molar-refractivity contribution in [3.05, 3.63) is 33.1 Å². The molecule has 1 aromatic rings. The van der Waals surface area contributed by atoms with Gasteiger partial charge >= 0.3 is 11.7 Å². The van der Waals surface area contributed by atoms with E-state index in [4.69, 9.17) is 5.11 Å². The van der Waals surface area contributed by atoms with Gasteiger partial charge in [0.25, 0.3) is 5.56 Å². The summed E-state index contributed by atoms with van der Waals surface area (Å²) in [5.74, 6) is -1.51. The molecule has 0 aliphatic heterocycles. The molecule has 1 atom stereocenters. The first kappa shape index (κ1) is 14.7. The van der Waals surface area contributed by atoms with E-state index < -0.39 is 29.2 Å². The zero-order chi connectivity index (χ0) is 14.6. The van der Waals surface area contributed by atoms with Gasteiger partial charge in [-0.15, -0.1) is 0 Å². The monoisotopic (exact) mass is 269 g/mol. The molecule has 0 aliphatic rings. The van der Waals surface area contributed by atoms with Gasteiger partial charge in [-0.05, 0) is 6.92 Å². The Morgan fingerprint density at radius 1 is 1.42 bits per heavy atom. The van der Waals surface area contributed by atoms with Crippen molar-refractivity contribution in [2.24, 2.45) is 7.05 Å². The molecule has 1 heterocycles. The van der Waals surface area contributed by atoms with E-state index in [1.807, 2.05) is 0 Å². The molecule has 0 saturated carbocycles. The summed E-state index contributed by atoms with van der Waals surface area (Å²) in [6.07, 6.45) is 1.03. The van der Waals surface area contributed by atoms with Crippen molar-refractivity contribution in [3.8, 4) is 0 Å². The highest BCUT2D eigenvalue weighted by atomic mass is 16.4. The van der Waals surface area contributed by atoms with Gasteiger partial charge in [0.15, 0.2) is 0 Å². The van der Waals surface area contributed by atoms with Crippen LogP contribution in [0.3, 0.4) is 0 Å². The van der Waals surface area contributed by atoms with Gasteiger partial charge in [0.2, 0.25) is 5.91 Å². The topological polar surface area (TPSA) is 110 Å². The molecule has 1 rings (SSSR count). The van der Waals surface area contributed by atoms with Crippen LogP contribution in [0.5, 0.6) is 0 Å². The van der Waals surface area contributed by atoms with Crippen LogP contribution >= 0.6 is 0 Å². The maximum atomic E-state index is 11.6. The van der Waals surface area contributed by atoms with Gasteiger partial charge in [-0.1, -0.05) is 0 Å². The Hall–Kier alpha value is -2.38. The van der Waals surface area contributed by atoms with Crippen molar-refractivity contribution in [1.82, 2.24) is 14.5 Å². The van der Waals surface area contributed by atoms with Gasteiger partial charge in [0, 0.05) is 25.4 Å². The van der Waals surface area contributed by atoms with Crippen molar-refractivity contribution in [2.45, 2.75) is 25.9 Å². The Kier molecular flexibility index (Phi) is 4.62. The summed E-state index contributed by atoms with van der Waals surface area (Å²) in [5, 5.41) is 11.0. The van der Waals surface area contributed by atoms with Gasteiger partial charge in [0.05, 0.1) is 6.42 Å². The molecule has 104 valence electrons. The summed E-state index contributed by atoms with van der Waals surface area (Å²) in [6.45, 7) is 1.28. The number of carboxylic acid groups (broad SMARTS) is 1. The van der Waals surface area contributed by atoms with Crippen LogP contribution in [-0.4, -0.2) is 32.2 Å². The first-order chi connectivity index (χ1) is 8.81. The highest BCUT2D eigenvalue weighted by molar-refractivity contribution is 5.77. The molecule has 0 spiro atoms. The van der Waals surface area contributed by atoms with Gasteiger partial charge in [-0.2, -0.15) is 0 Å². The summed E-state index contributed by atoms with van der Waals surface area (Å²) in [4.78, 5) is 44.8. The first-order valence-electron chi connectivity index (χ1n) is 5.59. The molecular weight excluding hydrogens is 254 g/mol. The van der Waals surface area contributed by atoms with Crippen molar-refractivity contribution in [3.63, 3.8) is 0 Å². The van der Waals surface area contributed by atoms with E-state index in [1.165, 1.54) is 19.3 Å².